The van der Waals surface area contributed by atoms with Gasteiger partial charge in [-0.3, -0.25) is 4.79 Å². The Morgan fingerprint density at radius 2 is 1.83 bits per heavy atom. The number of nitrogens with one attached hydrogen (secondary N) is 1. The van der Waals surface area contributed by atoms with Gasteiger partial charge in [0.1, 0.15) is 11.6 Å². The van der Waals surface area contributed by atoms with Gasteiger partial charge in [0.05, 0.1) is 0 Å². The molecule has 2 heterocycles. The molecule has 0 saturated carbocycles. The van der Waals surface area contributed by atoms with Crippen LogP contribution in [-0.2, 0) is 0 Å². The van der Waals surface area contributed by atoms with Crippen molar-refractivity contribution in [2.45, 2.75) is 13.8 Å². The van der Waals surface area contributed by atoms with Crippen LogP contribution in [0.5, 0.6) is 0 Å². The minimum absolute atomic E-state index is 0.142. The molecule has 3 aromatic rings. The minimum atomic E-state index is -0.377. The second-order valence-corrected chi connectivity index (χ2v) is 7.14. The highest BCUT2D eigenvalue weighted by molar-refractivity contribution is 7.12. The third-order valence-electron chi connectivity index (χ3n) is 3.63. The smallest absolute Gasteiger partial charge is 0.266 e. The van der Waals surface area contributed by atoms with Crippen LogP contribution in [0.1, 0.15) is 15.3 Å². The van der Waals surface area contributed by atoms with Crippen LogP contribution in [-0.4, -0.2) is 4.98 Å². The molecule has 0 radical (unpaired) electrons. The Kier molecular flexibility index (Phi) is 4.08. The van der Waals surface area contributed by atoms with Crippen molar-refractivity contribution in [1.29, 1.82) is 5.26 Å². The van der Waals surface area contributed by atoms with E-state index >= 15 is 0 Å². The molecule has 1 N–H and O–H groups in total. The molecule has 5 heteroatoms. The molecule has 0 unspecified atom stereocenters. The lowest BCUT2D eigenvalue weighted by atomic mass is 9.99. The zero-order chi connectivity index (χ0) is 16.6. The summed E-state index contributed by atoms with van der Waals surface area (Å²) in [6, 6.07) is 13.1. The number of rotatable bonds is 2. The van der Waals surface area contributed by atoms with Gasteiger partial charge in [0.2, 0.25) is 0 Å². The molecule has 0 aliphatic carbocycles. The second-order valence-electron chi connectivity index (χ2n) is 5.25. The van der Waals surface area contributed by atoms with Crippen molar-refractivity contribution in [1.82, 2.24) is 4.98 Å². The first-order valence-electron chi connectivity index (χ1n) is 7.00. The van der Waals surface area contributed by atoms with E-state index in [0.29, 0.717) is 16.3 Å². The highest BCUT2D eigenvalue weighted by Gasteiger charge is 2.15. The van der Waals surface area contributed by atoms with E-state index in [0.717, 1.165) is 20.9 Å². The van der Waals surface area contributed by atoms with Gasteiger partial charge in [0, 0.05) is 26.0 Å². The van der Waals surface area contributed by atoms with Crippen LogP contribution in [0.15, 0.2) is 41.2 Å². The van der Waals surface area contributed by atoms with Crippen LogP contribution in [0.4, 0.5) is 0 Å². The lowest BCUT2D eigenvalue weighted by molar-refractivity contribution is 1.22. The highest BCUT2D eigenvalue weighted by atomic mass is 35.5. The van der Waals surface area contributed by atoms with Gasteiger partial charge in [-0.05, 0) is 49.2 Å². The number of aryl methyl sites for hydroxylation is 2. The van der Waals surface area contributed by atoms with E-state index < -0.39 is 0 Å². The van der Waals surface area contributed by atoms with Crippen molar-refractivity contribution in [2.75, 3.05) is 0 Å². The van der Waals surface area contributed by atoms with Gasteiger partial charge in [0.25, 0.3) is 5.56 Å². The molecule has 0 aliphatic rings. The number of pyridine rings is 1. The van der Waals surface area contributed by atoms with E-state index in [1.165, 1.54) is 0 Å². The Morgan fingerprint density at radius 1 is 1.13 bits per heavy atom. The number of nitriles is 1. The number of H-pyrrole nitrogens is 1. The van der Waals surface area contributed by atoms with E-state index in [1.807, 2.05) is 44.2 Å². The molecule has 3 nitrogen and oxygen atoms in total. The van der Waals surface area contributed by atoms with Gasteiger partial charge in [-0.15, -0.1) is 11.3 Å². The molecule has 0 amide bonds. The first kappa shape index (κ1) is 15.5. The molecule has 0 fully saturated rings. The number of thiophene rings is 1. The summed E-state index contributed by atoms with van der Waals surface area (Å²) < 4.78 is 0. The molecule has 1 aromatic carbocycles. The van der Waals surface area contributed by atoms with E-state index in [-0.39, 0.29) is 11.1 Å². The predicted molar refractivity (Wildman–Crippen MR) is 95.0 cm³/mol. The van der Waals surface area contributed by atoms with Crippen LogP contribution in [0, 0.1) is 25.2 Å². The number of aromatic nitrogens is 1. The van der Waals surface area contributed by atoms with Crippen molar-refractivity contribution in [3.05, 3.63) is 67.1 Å². The van der Waals surface area contributed by atoms with Crippen molar-refractivity contribution < 1.29 is 0 Å². The Morgan fingerprint density at radius 3 is 2.39 bits per heavy atom. The lowest BCUT2D eigenvalue weighted by Crippen LogP contribution is -2.12. The van der Waals surface area contributed by atoms with Crippen LogP contribution in [0.2, 0.25) is 5.02 Å². The fourth-order valence-electron chi connectivity index (χ4n) is 2.57. The maximum absolute atomic E-state index is 12.3. The van der Waals surface area contributed by atoms with E-state index in [2.05, 4.69) is 4.98 Å². The maximum atomic E-state index is 12.3. The molecule has 0 saturated heterocycles. The topological polar surface area (TPSA) is 56.6 Å². The summed E-state index contributed by atoms with van der Waals surface area (Å²) in [4.78, 5) is 17.3. The molecular weight excluding hydrogens is 328 g/mol. The normalized spacial score (nSPS) is 10.5. The number of nitrogens with zero attached hydrogens (tertiary/aromatic N) is 1. The molecule has 3 rings (SSSR count). The summed E-state index contributed by atoms with van der Waals surface area (Å²) in [6.45, 7) is 4.01. The fraction of sp³-hybridized carbons (Fsp3) is 0.111. The van der Waals surface area contributed by atoms with Gasteiger partial charge in [-0.25, -0.2) is 0 Å². The van der Waals surface area contributed by atoms with E-state index in [9.17, 15) is 10.1 Å². The minimum Gasteiger partial charge on any atom is -0.321 e. The molecule has 0 bridgehead atoms. The Hall–Kier alpha value is -2.35. The predicted octanol–water partition coefficient (Wildman–Crippen LogP) is 4.91. The van der Waals surface area contributed by atoms with Crippen molar-refractivity contribution >= 4 is 22.9 Å². The molecule has 114 valence electrons. The molecule has 0 spiro atoms. The van der Waals surface area contributed by atoms with Crippen molar-refractivity contribution in [3.8, 4) is 28.5 Å². The SMILES string of the molecule is Cc1cc(-c2cc(-c3ccc(Cl)cc3)[nH]c(=O)c2C#N)c(C)s1. The third-order valence-corrected chi connectivity index (χ3v) is 4.85. The Balaban J connectivity index is 2.27. The largest absolute Gasteiger partial charge is 0.321 e. The van der Waals surface area contributed by atoms with Gasteiger partial charge in [-0.1, -0.05) is 23.7 Å². The molecular formula is C18H13ClN2OS. The molecule has 23 heavy (non-hydrogen) atoms. The number of aromatic amines is 1. The summed E-state index contributed by atoms with van der Waals surface area (Å²) in [7, 11) is 0. The van der Waals surface area contributed by atoms with Crippen LogP contribution >= 0.6 is 22.9 Å². The van der Waals surface area contributed by atoms with Gasteiger partial charge in [-0.2, -0.15) is 5.26 Å². The average Bonchev–Trinajstić information content (AvgIpc) is 2.85. The standard InChI is InChI=1S/C18H13ClN2OS/c1-10-7-14(11(2)23-10)15-8-17(21-18(22)16(15)9-20)12-3-5-13(19)6-4-12/h3-8H,1-2H3,(H,21,22). The Labute approximate surface area is 142 Å². The summed E-state index contributed by atoms with van der Waals surface area (Å²) in [5.74, 6) is 0. The second kappa shape index (κ2) is 6.04. The lowest BCUT2D eigenvalue weighted by Gasteiger charge is -2.08. The first-order valence-corrected chi connectivity index (χ1v) is 8.20. The third kappa shape index (κ3) is 2.94. The van der Waals surface area contributed by atoms with E-state index in [1.54, 1.807) is 23.5 Å². The van der Waals surface area contributed by atoms with E-state index in [4.69, 9.17) is 11.6 Å². The van der Waals surface area contributed by atoms with Gasteiger partial charge in [0.15, 0.2) is 0 Å². The molecule has 2 aromatic heterocycles. The fourth-order valence-corrected chi connectivity index (χ4v) is 3.63. The number of benzene rings is 1. The maximum Gasteiger partial charge on any atom is 0.266 e. The molecule has 0 atom stereocenters. The number of hydrogen-bond donors (Lipinski definition) is 1. The summed E-state index contributed by atoms with van der Waals surface area (Å²) in [5.41, 5.74) is 2.89. The zero-order valence-electron chi connectivity index (χ0n) is 12.6. The average molecular weight is 341 g/mol. The first-order chi connectivity index (χ1) is 11.0. The van der Waals surface area contributed by atoms with Crippen LogP contribution in [0.3, 0.4) is 0 Å². The van der Waals surface area contributed by atoms with Gasteiger partial charge >= 0.3 is 0 Å². The Bertz CT molecular complexity index is 978. The highest BCUT2D eigenvalue weighted by Crippen LogP contribution is 2.33. The number of halogens is 1. The van der Waals surface area contributed by atoms with Crippen LogP contribution < -0.4 is 5.56 Å². The zero-order valence-corrected chi connectivity index (χ0v) is 14.2. The van der Waals surface area contributed by atoms with Crippen molar-refractivity contribution in [2.24, 2.45) is 0 Å². The monoisotopic (exact) mass is 340 g/mol. The molecule has 0 aliphatic heterocycles. The summed E-state index contributed by atoms with van der Waals surface area (Å²) in [5, 5.41) is 10.0. The van der Waals surface area contributed by atoms with Crippen LogP contribution in [0.25, 0.3) is 22.4 Å². The van der Waals surface area contributed by atoms with Gasteiger partial charge < -0.3 is 4.98 Å². The van der Waals surface area contributed by atoms with Crippen molar-refractivity contribution in [3.63, 3.8) is 0 Å². The summed E-state index contributed by atoms with van der Waals surface area (Å²) in [6.07, 6.45) is 0. The number of hydrogen-bond acceptors (Lipinski definition) is 3. The quantitative estimate of drug-likeness (QED) is 0.720. The summed E-state index contributed by atoms with van der Waals surface area (Å²) >= 11 is 7.57.